The fourth-order valence-corrected chi connectivity index (χ4v) is 2.21. The molecule has 0 aliphatic carbocycles. The molecule has 2 heterocycles. The predicted molar refractivity (Wildman–Crippen MR) is 65.1 cm³/mol. The summed E-state index contributed by atoms with van der Waals surface area (Å²) in [5, 5.41) is 5.06. The van der Waals surface area contributed by atoms with E-state index >= 15 is 0 Å². The first-order chi connectivity index (χ1) is 8.16. The van der Waals surface area contributed by atoms with Crippen LogP contribution < -0.4 is 0 Å². The average molecular weight is 229 g/mol. The van der Waals surface area contributed by atoms with Gasteiger partial charge < -0.3 is 4.57 Å². The van der Waals surface area contributed by atoms with Crippen LogP contribution in [0.4, 0.5) is 4.39 Å². The minimum atomic E-state index is -0.216. The van der Waals surface area contributed by atoms with E-state index in [9.17, 15) is 4.39 Å². The van der Waals surface area contributed by atoms with Gasteiger partial charge in [-0.05, 0) is 24.3 Å². The third-order valence-corrected chi connectivity index (χ3v) is 3.05. The number of aromatic nitrogens is 3. The molecule has 86 valence electrons. The second kappa shape index (κ2) is 3.45. The van der Waals surface area contributed by atoms with E-state index < -0.39 is 0 Å². The van der Waals surface area contributed by atoms with Gasteiger partial charge in [0.15, 0.2) is 0 Å². The van der Waals surface area contributed by atoms with Gasteiger partial charge in [-0.25, -0.2) is 4.39 Å². The van der Waals surface area contributed by atoms with E-state index in [0.29, 0.717) is 0 Å². The van der Waals surface area contributed by atoms with Gasteiger partial charge in [0.05, 0.1) is 5.69 Å². The first-order valence-electron chi connectivity index (χ1n) is 5.40. The van der Waals surface area contributed by atoms with Gasteiger partial charge in [-0.15, -0.1) is 0 Å². The van der Waals surface area contributed by atoms with Crippen LogP contribution in [0, 0.1) is 5.82 Å². The summed E-state index contributed by atoms with van der Waals surface area (Å²) in [6.07, 6.45) is 3.74. The zero-order valence-corrected chi connectivity index (χ0v) is 9.68. The third-order valence-electron chi connectivity index (χ3n) is 3.05. The molecule has 0 amide bonds. The Balaban J connectivity index is 2.37. The molecule has 2 aromatic heterocycles. The molecule has 0 radical (unpaired) electrons. The Labute approximate surface area is 98.1 Å². The van der Waals surface area contributed by atoms with Crippen molar-refractivity contribution in [2.75, 3.05) is 0 Å². The standard InChI is InChI=1S/C13H12FN3/c1-16-8-11(13-5-6-15-17(13)2)10-7-9(14)3-4-12(10)16/h3-8H,1-2H3. The van der Waals surface area contributed by atoms with Crippen LogP contribution >= 0.6 is 0 Å². The number of hydrogen-bond donors (Lipinski definition) is 0. The Morgan fingerprint density at radius 2 is 2.00 bits per heavy atom. The first kappa shape index (κ1) is 10.1. The molecule has 0 N–H and O–H groups in total. The quantitative estimate of drug-likeness (QED) is 0.629. The minimum absolute atomic E-state index is 0.216. The fraction of sp³-hybridized carbons (Fsp3) is 0.154. The predicted octanol–water partition coefficient (Wildman–Crippen LogP) is 2.72. The molecule has 17 heavy (non-hydrogen) atoms. The molecule has 0 bridgehead atoms. The van der Waals surface area contributed by atoms with Crippen molar-refractivity contribution in [3.63, 3.8) is 0 Å². The highest BCUT2D eigenvalue weighted by molar-refractivity contribution is 5.95. The summed E-state index contributed by atoms with van der Waals surface area (Å²) in [7, 11) is 3.84. The Bertz CT molecular complexity index is 694. The van der Waals surface area contributed by atoms with Gasteiger partial charge in [-0.1, -0.05) is 0 Å². The second-order valence-electron chi connectivity index (χ2n) is 4.16. The molecule has 0 aliphatic rings. The van der Waals surface area contributed by atoms with Crippen LogP contribution in [-0.2, 0) is 14.1 Å². The smallest absolute Gasteiger partial charge is 0.123 e. The topological polar surface area (TPSA) is 22.8 Å². The maximum absolute atomic E-state index is 13.3. The Morgan fingerprint density at radius 1 is 1.18 bits per heavy atom. The molecule has 0 saturated carbocycles. The largest absolute Gasteiger partial charge is 0.350 e. The van der Waals surface area contributed by atoms with Gasteiger partial charge in [0.1, 0.15) is 5.82 Å². The number of benzene rings is 1. The Kier molecular flexibility index (Phi) is 2.04. The first-order valence-corrected chi connectivity index (χ1v) is 5.40. The summed E-state index contributed by atoms with van der Waals surface area (Å²) in [5.74, 6) is -0.216. The summed E-state index contributed by atoms with van der Waals surface area (Å²) >= 11 is 0. The van der Waals surface area contributed by atoms with E-state index in [-0.39, 0.29) is 5.82 Å². The number of fused-ring (bicyclic) bond motifs is 1. The van der Waals surface area contributed by atoms with E-state index in [4.69, 9.17) is 0 Å². The molecule has 3 rings (SSSR count). The highest BCUT2D eigenvalue weighted by Crippen LogP contribution is 2.30. The van der Waals surface area contributed by atoms with Crippen molar-refractivity contribution < 1.29 is 4.39 Å². The SMILES string of the molecule is Cn1nccc1-c1cn(C)c2ccc(F)cc12. The highest BCUT2D eigenvalue weighted by Gasteiger charge is 2.11. The summed E-state index contributed by atoms with van der Waals surface area (Å²) in [4.78, 5) is 0. The number of aryl methyl sites for hydroxylation is 2. The van der Waals surface area contributed by atoms with Crippen molar-refractivity contribution in [1.82, 2.24) is 14.3 Å². The van der Waals surface area contributed by atoms with Crippen molar-refractivity contribution in [2.24, 2.45) is 14.1 Å². The maximum atomic E-state index is 13.3. The zero-order valence-electron chi connectivity index (χ0n) is 9.68. The van der Waals surface area contributed by atoms with Crippen LogP contribution in [0.1, 0.15) is 0 Å². The van der Waals surface area contributed by atoms with Crippen molar-refractivity contribution in [3.05, 3.63) is 42.5 Å². The van der Waals surface area contributed by atoms with Crippen LogP contribution in [0.25, 0.3) is 22.2 Å². The lowest BCUT2D eigenvalue weighted by atomic mass is 10.1. The molecule has 1 aromatic carbocycles. The molecule has 0 unspecified atom stereocenters. The normalized spacial score (nSPS) is 11.2. The van der Waals surface area contributed by atoms with Crippen molar-refractivity contribution in [3.8, 4) is 11.3 Å². The Morgan fingerprint density at radius 3 is 2.71 bits per heavy atom. The van der Waals surface area contributed by atoms with Crippen LogP contribution in [0.15, 0.2) is 36.7 Å². The van der Waals surface area contributed by atoms with E-state index in [1.165, 1.54) is 6.07 Å². The number of hydrogen-bond acceptors (Lipinski definition) is 1. The van der Waals surface area contributed by atoms with Crippen molar-refractivity contribution >= 4 is 10.9 Å². The molecule has 0 fully saturated rings. The lowest BCUT2D eigenvalue weighted by molar-refractivity contribution is 0.629. The summed E-state index contributed by atoms with van der Waals surface area (Å²) in [5.41, 5.74) is 3.01. The Hall–Kier alpha value is -2.10. The zero-order chi connectivity index (χ0) is 12.0. The molecule has 0 aliphatic heterocycles. The van der Waals surface area contributed by atoms with Gasteiger partial charge in [0.2, 0.25) is 0 Å². The molecule has 3 aromatic rings. The monoisotopic (exact) mass is 229 g/mol. The molecule has 0 atom stereocenters. The lowest BCUT2D eigenvalue weighted by Gasteiger charge is -1.99. The van der Waals surface area contributed by atoms with Gasteiger partial charge in [0.25, 0.3) is 0 Å². The van der Waals surface area contributed by atoms with Crippen LogP contribution in [0.3, 0.4) is 0 Å². The minimum Gasteiger partial charge on any atom is -0.350 e. The summed E-state index contributed by atoms with van der Waals surface area (Å²) < 4.78 is 17.1. The average Bonchev–Trinajstić information content (AvgIpc) is 2.83. The second-order valence-corrected chi connectivity index (χ2v) is 4.16. The molecular formula is C13H12FN3. The molecule has 4 heteroatoms. The van der Waals surface area contributed by atoms with Gasteiger partial charge in [-0.2, -0.15) is 5.10 Å². The van der Waals surface area contributed by atoms with Crippen molar-refractivity contribution in [1.29, 1.82) is 0 Å². The molecule has 0 saturated heterocycles. The summed E-state index contributed by atoms with van der Waals surface area (Å²) in [6.45, 7) is 0. The lowest BCUT2D eigenvalue weighted by Crippen LogP contribution is -1.92. The highest BCUT2D eigenvalue weighted by atomic mass is 19.1. The van der Waals surface area contributed by atoms with E-state index in [1.54, 1.807) is 23.0 Å². The van der Waals surface area contributed by atoms with E-state index in [1.807, 2.05) is 30.9 Å². The molecular weight excluding hydrogens is 217 g/mol. The number of nitrogens with zero attached hydrogens (tertiary/aromatic N) is 3. The number of rotatable bonds is 1. The number of halogens is 1. The van der Waals surface area contributed by atoms with Crippen LogP contribution in [0.5, 0.6) is 0 Å². The third kappa shape index (κ3) is 1.45. The van der Waals surface area contributed by atoms with Gasteiger partial charge >= 0.3 is 0 Å². The molecule has 0 spiro atoms. The fourth-order valence-electron chi connectivity index (χ4n) is 2.21. The maximum Gasteiger partial charge on any atom is 0.123 e. The van der Waals surface area contributed by atoms with Gasteiger partial charge in [0, 0.05) is 43.0 Å². The van der Waals surface area contributed by atoms with Crippen LogP contribution in [0.2, 0.25) is 0 Å². The molecule has 3 nitrogen and oxygen atoms in total. The summed E-state index contributed by atoms with van der Waals surface area (Å²) in [6, 6.07) is 6.78. The van der Waals surface area contributed by atoms with E-state index in [2.05, 4.69) is 5.10 Å². The van der Waals surface area contributed by atoms with Crippen LogP contribution in [-0.4, -0.2) is 14.3 Å². The van der Waals surface area contributed by atoms with Gasteiger partial charge in [-0.3, -0.25) is 4.68 Å². The van der Waals surface area contributed by atoms with E-state index in [0.717, 1.165) is 22.2 Å². The van der Waals surface area contributed by atoms with Crippen molar-refractivity contribution in [2.45, 2.75) is 0 Å².